The van der Waals surface area contributed by atoms with E-state index in [1.807, 2.05) is 11.8 Å². The van der Waals surface area contributed by atoms with Crippen molar-refractivity contribution in [3.05, 3.63) is 17.5 Å². The zero-order valence-electron chi connectivity index (χ0n) is 11.8. The molecule has 1 aromatic heterocycles. The summed E-state index contributed by atoms with van der Waals surface area (Å²) in [5.74, 6) is 0.595. The van der Waals surface area contributed by atoms with Crippen molar-refractivity contribution in [1.82, 2.24) is 14.9 Å². The topological polar surface area (TPSA) is 58.1 Å². The molecule has 0 radical (unpaired) electrons. The van der Waals surface area contributed by atoms with Gasteiger partial charge in [0.05, 0.1) is 0 Å². The van der Waals surface area contributed by atoms with Gasteiger partial charge in [-0.15, -0.1) is 0 Å². The van der Waals surface area contributed by atoms with Gasteiger partial charge in [0.15, 0.2) is 0 Å². The van der Waals surface area contributed by atoms with Crippen molar-refractivity contribution in [3.8, 4) is 0 Å². The Morgan fingerprint density at radius 1 is 1.37 bits per heavy atom. The van der Waals surface area contributed by atoms with Crippen molar-refractivity contribution in [2.75, 3.05) is 25.0 Å². The predicted molar refractivity (Wildman–Crippen MR) is 75.3 cm³/mol. The molecule has 2 rings (SSSR count). The maximum atomic E-state index is 12.3. The fraction of sp³-hybridized carbons (Fsp3) is 0.643. The van der Waals surface area contributed by atoms with Gasteiger partial charge in [-0.3, -0.25) is 4.79 Å². The number of unbranched alkanes of at least 4 members (excludes halogenated alkanes) is 1. The molecule has 19 heavy (non-hydrogen) atoms. The van der Waals surface area contributed by atoms with E-state index in [0.717, 1.165) is 51.0 Å². The molecule has 1 aliphatic rings. The number of anilines is 1. The van der Waals surface area contributed by atoms with Crippen molar-refractivity contribution in [2.24, 2.45) is 0 Å². The van der Waals surface area contributed by atoms with Crippen molar-refractivity contribution >= 4 is 11.9 Å². The number of nitrogens with zero attached hydrogens (tertiary/aromatic N) is 3. The van der Waals surface area contributed by atoms with Crippen LogP contribution in [-0.2, 0) is 0 Å². The number of aromatic nitrogens is 2. The first-order valence-corrected chi connectivity index (χ1v) is 7.09. The van der Waals surface area contributed by atoms with Crippen molar-refractivity contribution in [1.29, 1.82) is 0 Å². The Kier molecular flexibility index (Phi) is 4.71. The minimum atomic E-state index is 0.0292. The number of aryl methyl sites for hydroxylation is 1. The lowest BCUT2D eigenvalue weighted by atomic mass is 10.3. The molecule has 0 saturated carbocycles. The normalized spacial score (nSPS) is 14.7. The summed E-state index contributed by atoms with van der Waals surface area (Å²) in [4.78, 5) is 22.8. The van der Waals surface area contributed by atoms with E-state index in [9.17, 15) is 4.79 Å². The quantitative estimate of drug-likeness (QED) is 0.827. The molecule has 1 fully saturated rings. The second kappa shape index (κ2) is 6.50. The molecule has 5 heteroatoms. The fourth-order valence-electron chi connectivity index (χ4n) is 2.22. The third-order valence-corrected chi connectivity index (χ3v) is 3.28. The minimum absolute atomic E-state index is 0.0292. The van der Waals surface area contributed by atoms with E-state index in [0.29, 0.717) is 11.6 Å². The van der Waals surface area contributed by atoms with E-state index >= 15 is 0 Å². The Morgan fingerprint density at radius 3 is 2.79 bits per heavy atom. The first-order chi connectivity index (χ1) is 9.20. The number of hydrogen-bond acceptors (Lipinski definition) is 4. The van der Waals surface area contributed by atoms with Gasteiger partial charge in [-0.05, 0) is 32.3 Å². The largest absolute Gasteiger partial charge is 0.354 e. The molecule has 0 atom stereocenters. The maximum Gasteiger partial charge on any atom is 0.272 e. The molecule has 5 nitrogen and oxygen atoms in total. The molecule has 1 amide bonds. The summed E-state index contributed by atoms with van der Waals surface area (Å²) in [5.41, 5.74) is 1.34. The van der Waals surface area contributed by atoms with E-state index in [4.69, 9.17) is 0 Å². The summed E-state index contributed by atoms with van der Waals surface area (Å²) in [7, 11) is 0. The summed E-state index contributed by atoms with van der Waals surface area (Å²) >= 11 is 0. The third-order valence-electron chi connectivity index (χ3n) is 3.28. The predicted octanol–water partition coefficient (Wildman–Crippen LogP) is 2.23. The molecule has 1 saturated heterocycles. The van der Waals surface area contributed by atoms with Crippen LogP contribution in [0.3, 0.4) is 0 Å². The zero-order valence-corrected chi connectivity index (χ0v) is 11.8. The van der Waals surface area contributed by atoms with Crippen LogP contribution in [-0.4, -0.2) is 40.4 Å². The number of amides is 1. The molecular weight excluding hydrogens is 240 g/mol. The van der Waals surface area contributed by atoms with Crippen LogP contribution in [0.15, 0.2) is 6.07 Å². The van der Waals surface area contributed by atoms with E-state index in [1.54, 1.807) is 6.07 Å². The van der Waals surface area contributed by atoms with Gasteiger partial charge in [0.1, 0.15) is 5.69 Å². The van der Waals surface area contributed by atoms with Crippen molar-refractivity contribution < 1.29 is 4.79 Å². The standard InChI is InChI=1S/C14H22N4O/c1-3-4-7-15-14-16-11(2)10-12(17-14)13(19)18-8-5-6-9-18/h10H,3-9H2,1-2H3,(H,15,16,17). The highest BCUT2D eigenvalue weighted by Gasteiger charge is 2.21. The van der Waals surface area contributed by atoms with Crippen LogP contribution in [0.1, 0.15) is 48.8 Å². The summed E-state index contributed by atoms with van der Waals surface area (Å²) < 4.78 is 0. The van der Waals surface area contributed by atoms with Gasteiger partial charge in [0.2, 0.25) is 5.95 Å². The number of hydrogen-bond donors (Lipinski definition) is 1. The van der Waals surface area contributed by atoms with Crippen LogP contribution < -0.4 is 5.32 Å². The smallest absolute Gasteiger partial charge is 0.272 e. The highest BCUT2D eigenvalue weighted by Crippen LogP contribution is 2.13. The Hall–Kier alpha value is -1.65. The SMILES string of the molecule is CCCCNc1nc(C)cc(C(=O)N2CCCC2)n1. The number of likely N-dealkylation sites (tertiary alicyclic amines) is 1. The molecule has 0 aliphatic carbocycles. The van der Waals surface area contributed by atoms with Crippen LogP contribution in [0.2, 0.25) is 0 Å². The lowest BCUT2D eigenvalue weighted by Gasteiger charge is -2.15. The Bertz CT molecular complexity index is 441. The summed E-state index contributed by atoms with van der Waals surface area (Å²) in [6.07, 6.45) is 4.39. The van der Waals surface area contributed by atoms with Gasteiger partial charge in [-0.1, -0.05) is 13.3 Å². The van der Waals surface area contributed by atoms with Crippen LogP contribution in [0.25, 0.3) is 0 Å². The Balaban J connectivity index is 2.09. The number of carbonyl (C=O) groups is 1. The van der Waals surface area contributed by atoms with Gasteiger partial charge in [-0.2, -0.15) is 0 Å². The average molecular weight is 262 g/mol. The second-order valence-corrected chi connectivity index (χ2v) is 5.00. The van der Waals surface area contributed by atoms with Crippen LogP contribution in [0.4, 0.5) is 5.95 Å². The van der Waals surface area contributed by atoms with E-state index < -0.39 is 0 Å². The van der Waals surface area contributed by atoms with Gasteiger partial charge in [0, 0.05) is 25.3 Å². The summed E-state index contributed by atoms with van der Waals surface area (Å²) in [6.45, 7) is 6.58. The molecular formula is C14H22N4O. The fourth-order valence-corrected chi connectivity index (χ4v) is 2.22. The highest BCUT2D eigenvalue weighted by atomic mass is 16.2. The maximum absolute atomic E-state index is 12.3. The molecule has 104 valence electrons. The minimum Gasteiger partial charge on any atom is -0.354 e. The first-order valence-electron chi connectivity index (χ1n) is 7.09. The van der Waals surface area contributed by atoms with E-state index in [1.165, 1.54) is 0 Å². The van der Waals surface area contributed by atoms with E-state index in [2.05, 4.69) is 22.2 Å². The van der Waals surface area contributed by atoms with Gasteiger partial charge < -0.3 is 10.2 Å². The Morgan fingerprint density at radius 2 is 2.11 bits per heavy atom. The zero-order chi connectivity index (χ0) is 13.7. The highest BCUT2D eigenvalue weighted by molar-refractivity contribution is 5.92. The number of nitrogens with one attached hydrogen (secondary N) is 1. The lowest BCUT2D eigenvalue weighted by molar-refractivity contribution is 0.0787. The van der Waals surface area contributed by atoms with Crippen molar-refractivity contribution in [3.63, 3.8) is 0 Å². The van der Waals surface area contributed by atoms with Gasteiger partial charge >= 0.3 is 0 Å². The molecule has 0 spiro atoms. The molecule has 0 unspecified atom stereocenters. The van der Waals surface area contributed by atoms with Gasteiger partial charge in [-0.25, -0.2) is 9.97 Å². The third kappa shape index (κ3) is 3.66. The summed E-state index contributed by atoms with van der Waals surface area (Å²) in [6, 6.07) is 1.77. The first kappa shape index (κ1) is 13.8. The monoisotopic (exact) mass is 262 g/mol. The number of rotatable bonds is 5. The second-order valence-electron chi connectivity index (χ2n) is 5.00. The van der Waals surface area contributed by atoms with Crippen molar-refractivity contribution in [2.45, 2.75) is 39.5 Å². The molecule has 2 heterocycles. The van der Waals surface area contributed by atoms with Gasteiger partial charge in [0.25, 0.3) is 5.91 Å². The van der Waals surface area contributed by atoms with E-state index in [-0.39, 0.29) is 5.91 Å². The van der Waals surface area contributed by atoms with Crippen LogP contribution in [0, 0.1) is 6.92 Å². The Labute approximate surface area is 114 Å². The lowest BCUT2D eigenvalue weighted by Crippen LogP contribution is -2.28. The molecule has 0 bridgehead atoms. The van der Waals surface area contributed by atoms with Crippen LogP contribution in [0.5, 0.6) is 0 Å². The number of carbonyl (C=O) groups excluding carboxylic acids is 1. The average Bonchev–Trinajstić information content (AvgIpc) is 2.91. The molecule has 1 N–H and O–H groups in total. The molecule has 1 aromatic rings. The van der Waals surface area contributed by atoms with Crippen LogP contribution >= 0.6 is 0 Å². The molecule has 1 aliphatic heterocycles. The molecule has 0 aromatic carbocycles. The summed E-state index contributed by atoms with van der Waals surface area (Å²) in [5, 5.41) is 3.18.